The molecule has 23 heavy (non-hydrogen) atoms. The number of rotatable bonds is 1. The first-order valence-electron chi connectivity index (χ1n) is 9.27. The molecule has 2 aromatic rings. The van der Waals surface area contributed by atoms with Crippen molar-refractivity contribution in [1.29, 1.82) is 0 Å². The van der Waals surface area contributed by atoms with Gasteiger partial charge in [-0.1, -0.05) is 25.0 Å². The molecule has 3 fully saturated rings. The van der Waals surface area contributed by atoms with Crippen LogP contribution in [0.1, 0.15) is 25.7 Å². The van der Waals surface area contributed by atoms with Crippen molar-refractivity contribution < 1.29 is 4.48 Å². The maximum absolute atomic E-state index is 4.77. The van der Waals surface area contributed by atoms with E-state index in [9.17, 15) is 0 Å². The van der Waals surface area contributed by atoms with Gasteiger partial charge in [0.05, 0.1) is 44.0 Å². The molecule has 5 rings (SSSR count). The van der Waals surface area contributed by atoms with Gasteiger partial charge in [-0.3, -0.25) is 0 Å². The van der Waals surface area contributed by atoms with Gasteiger partial charge in [-0.25, -0.2) is 0 Å². The smallest absolute Gasteiger partial charge is 0.150 e. The molecule has 2 atom stereocenters. The van der Waals surface area contributed by atoms with Crippen LogP contribution in [0.4, 0.5) is 5.82 Å². The van der Waals surface area contributed by atoms with Gasteiger partial charge < -0.3 is 9.38 Å². The van der Waals surface area contributed by atoms with E-state index in [1.54, 1.807) is 11.5 Å². The van der Waals surface area contributed by atoms with Gasteiger partial charge in [0.15, 0.2) is 5.82 Å². The first-order valence-corrected chi connectivity index (χ1v) is 10.0. The van der Waals surface area contributed by atoms with Crippen LogP contribution in [0, 0.1) is 11.8 Å². The van der Waals surface area contributed by atoms with Gasteiger partial charge in [-0.2, -0.15) is 4.37 Å². The summed E-state index contributed by atoms with van der Waals surface area (Å²) in [4.78, 5) is 2.55. The molecule has 3 aliphatic rings. The first kappa shape index (κ1) is 14.2. The molecule has 1 aliphatic carbocycles. The average Bonchev–Trinajstić information content (AvgIpc) is 3.17. The summed E-state index contributed by atoms with van der Waals surface area (Å²) in [6.07, 6.45) is 5.98. The number of piperazine rings is 1. The fraction of sp³-hybridized carbons (Fsp3) is 0.632. The summed E-state index contributed by atoms with van der Waals surface area (Å²) in [6.45, 7) is 7.98. The molecule has 0 bridgehead atoms. The number of fused-ring (bicyclic) bond motifs is 2. The van der Waals surface area contributed by atoms with Crippen LogP contribution < -0.4 is 4.90 Å². The van der Waals surface area contributed by atoms with Crippen molar-refractivity contribution in [3.8, 4) is 0 Å². The van der Waals surface area contributed by atoms with Crippen LogP contribution in [0.15, 0.2) is 24.3 Å². The lowest BCUT2D eigenvalue weighted by Crippen LogP contribution is -2.58. The van der Waals surface area contributed by atoms with Crippen LogP contribution in [0.3, 0.4) is 0 Å². The van der Waals surface area contributed by atoms with E-state index < -0.39 is 0 Å². The largest absolute Gasteiger partial charge is 0.344 e. The van der Waals surface area contributed by atoms with Gasteiger partial charge in [0, 0.05) is 17.2 Å². The van der Waals surface area contributed by atoms with Gasteiger partial charge in [0.2, 0.25) is 0 Å². The minimum absolute atomic E-state index is 1.04. The monoisotopic (exact) mass is 328 g/mol. The Kier molecular flexibility index (Phi) is 3.37. The van der Waals surface area contributed by atoms with Gasteiger partial charge >= 0.3 is 0 Å². The van der Waals surface area contributed by atoms with Gasteiger partial charge in [0.1, 0.15) is 0 Å². The second-order valence-corrected chi connectivity index (χ2v) is 8.75. The maximum atomic E-state index is 4.77. The minimum atomic E-state index is 1.04. The van der Waals surface area contributed by atoms with Crippen molar-refractivity contribution in [2.75, 3.05) is 44.2 Å². The van der Waals surface area contributed by atoms with Crippen molar-refractivity contribution in [2.45, 2.75) is 25.7 Å². The van der Waals surface area contributed by atoms with Gasteiger partial charge in [-0.15, -0.1) is 0 Å². The first-order chi connectivity index (χ1) is 11.3. The van der Waals surface area contributed by atoms with Crippen LogP contribution in [0.5, 0.6) is 0 Å². The van der Waals surface area contributed by atoms with Gasteiger partial charge in [-0.05, 0) is 36.5 Å². The third-order valence-corrected chi connectivity index (χ3v) is 7.47. The normalized spacial score (nSPS) is 30.0. The predicted molar refractivity (Wildman–Crippen MR) is 97.0 cm³/mol. The second kappa shape index (κ2) is 5.45. The number of hydrogen-bond acceptors (Lipinski definition) is 3. The van der Waals surface area contributed by atoms with E-state index in [0.717, 1.165) is 11.8 Å². The Morgan fingerprint density at radius 1 is 1.00 bits per heavy atom. The highest BCUT2D eigenvalue weighted by Gasteiger charge is 2.47. The molecule has 0 N–H and O–H groups in total. The van der Waals surface area contributed by atoms with Crippen LogP contribution in [0.25, 0.3) is 10.1 Å². The quantitative estimate of drug-likeness (QED) is 0.741. The Hall–Kier alpha value is -1.13. The lowest BCUT2D eigenvalue weighted by molar-refractivity contribution is -0.919. The van der Waals surface area contributed by atoms with E-state index in [1.165, 1.54) is 85.3 Å². The Bertz CT molecular complexity index is 685. The van der Waals surface area contributed by atoms with Crippen LogP contribution in [-0.2, 0) is 0 Å². The Morgan fingerprint density at radius 2 is 1.70 bits per heavy atom. The predicted octanol–water partition coefficient (Wildman–Crippen LogP) is 3.75. The fourth-order valence-electron chi connectivity index (χ4n) is 5.40. The number of quaternary nitrogens is 1. The van der Waals surface area contributed by atoms with E-state index in [-0.39, 0.29) is 0 Å². The highest BCUT2D eigenvalue weighted by Crippen LogP contribution is 2.41. The highest BCUT2D eigenvalue weighted by molar-refractivity contribution is 7.13. The van der Waals surface area contributed by atoms with Crippen LogP contribution >= 0.6 is 11.5 Å². The lowest BCUT2D eigenvalue weighted by Gasteiger charge is -2.42. The number of anilines is 1. The zero-order valence-corrected chi connectivity index (χ0v) is 14.6. The van der Waals surface area contributed by atoms with Crippen molar-refractivity contribution >= 4 is 27.4 Å². The number of nitrogens with zero attached hydrogens (tertiary/aromatic N) is 3. The van der Waals surface area contributed by atoms with E-state index >= 15 is 0 Å². The summed E-state index contributed by atoms with van der Waals surface area (Å²) in [5.74, 6) is 3.31. The number of benzene rings is 1. The lowest BCUT2D eigenvalue weighted by atomic mass is 9.82. The molecule has 0 radical (unpaired) electrons. The Morgan fingerprint density at radius 3 is 2.43 bits per heavy atom. The molecule has 3 heterocycles. The van der Waals surface area contributed by atoms with E-state index in [2.05, 4.69) is 29.2 Å². The SMILES string of the molecule is c1ccc2c(N3CC[N+]4(CC3)C[C@@H]3CCCC[C@H]3C4)nsc2c1. The maximum Gasteiger partial charge on any atom is 0.150 e. The van der Waals surface area contributed by atoms with Crippen LogP contribution in [0.2, 0.25) is 0 Å². The summed E-state index contributed by atoms with van der Waals surface area (Å²) in [7, 11) is 0. The molecular weight excluding hydrogens is 302 g/mol. The molecule has 1 aromatic carbocycles. The standard InChI is InChI=1S/C19H26N3S/c1-2-6-16-14-22(13-15(16)5-1)11-9-21(10-12-22)19-17-7-3-4-8-18(17)23-20-19/h3-4,7-8,15-16H,1-2,5-6,9-14H2/q+1/t15-,16-/m0/s1. The third kappa shape index (κ3) is 2.38. The van der Waals surface area contributed by atoms with Crippen LogP contribution in [-0.4, -0.2) is 48.1 Å². The Balaban J connectivity index is 1.33. The molecule has 1 saturated carbocycles. The summed E-state index contributed by atoms with van der Waals surface area (Å²) in [5.41, 5.74) is 0. The molecule has 1 aromatic heterocycles. The topological polar surface area (TPSA) is 16.1 Å². The Labute approximate surface area is 142 Å². The summed E-state index contributed by atoms with van der Waals surface area (Å²) in [5, 5.41) is 1.35. The molecule has 2 aliphatic heterocycles. The molecule has 1 spiro atoms. The van der Waals surface area contributed by atoms with Crippen molar-refractivity contribution in [3.05, 3.63) is 24.3 Å². The molecular formula is C19H26N3S+. The summed E-state index contributed by atoms with van der Waals surface area (Å²) < 4.78 is 7.50. The molecule has 4 heteroatoms. The molecule has 3 nitrogen and oxygen atoms in total. The van der Waals surface area contributed by atoms with Crippen molar-refractivity contribution in [2.24, 2.45) is 11.8 Å². The minimum Gasteiger partial charge on any atom is -0.344 e. The third-order valence-electron chi connectivity index (χ3n) is 6.66. The average molecular weight is 329 g/mol. The summed E-state index contributed by atoms with van der Waals surface area (Å²) >= 11 is 1.65. The molecule has 2 saturated heterocycles. The zero-order chi connectivity index (χ0) is 15.3. The highest BCUT2D eigenvalue weighted by atomic mass is 32.1. The van der Waals surface area contributed by atoms with E-state index in [1.807, 2.05) is 0 Å². The number of hydrogen-bond donors (Lipinski definition) is 0. The zero-order valence-electron chi connectivity index (χ0n) is 13.8. The fourth-order valence-corrected chi connectivity index (χ4v) is 6.20. The molecule has 0 unspecified atom stereocenters. The van der Waals surface area contributed by atoms with E-state index in [0.29, 0.717) is 0 Å². The van der Waals surface area contributed by atoms with Crippen molar-refractivity contribution in [1.82, 2.24) is 4.37 Å². The summed E-state index contributed by atoms with van der Waals surface area (Å²) in [6, 6.07) is 8.69. The van der Waals surface area contributed by atoms with Crippen molar-refractivity contribution in [3.63, 3.8) is 0 Å². The second-order valence-electron chi connectivity index (χ2n) is 7.95. The molecule has 122 valence electrons. The van der Waals surface area contributed by atoms with Gasteiger partial charge in [0.25, 0.3) is 0 Å². The van der Waals surface area contributed by atoms with E-state index in [4.69, 9.17) is 4.37 Å². The molecule has 0 amide bonds. The number of aromatic nitrogens is 1.